The molecule has 0 aliphatic rings. The Balaban J connectivity index is 3.92. The Hall–Kier alpha value is -1.15. The Morgan fingerprint density at radius 2 is 1.59 bits per heavy atom. The summed E-state index contributed by atoms with van der Waals surface area (Å²) in [5.74, 6) is -0.484. The minimum absolute atomic E-state index is 0.254. The highest BCUT2D eigenvalue weighted by Gasteiger charge is 2.15. The number of carbonyl (C=O) groups is 1. The van der Waals surface area contributed by atoms with Crippen molar-refractivity contribution in [3.05, 3.63) is 10.6 Å². The van der Waals surface area contributed by atoms with Gasteiger partial charge in [0.25, 0.3) is 0 Å². The van der Waals surface area contributed by atoms with Gasteiger partial charge in [0.15, 0.2) is 0 Å². The maximum Gasteiger partial charge on any atom is 0.347 e. The molecule has 0 amide bonds. The van der Waals surface area contributed by atoms with Crippen molar-refractivity contribution in [2.75, 3.05) is 6.61 Å². The fraction of sp³-hybridized carbons (Fsp3) is 0.765. The van der Waals surface area contributed by atoms with Crippen LogP contribution in [0.25, 0.3) is 0 Å². The molecule has 0 spiro atoms. The molecule has 0 saturated carbocycles. The number of thioether (sulfide) groups is 1. The van der Waals surface area contributed by atoms with E-state index in [0.29, 0.717) is 18.7 Å². The third-order valence-electron chi connectivity index (χ3n) is 3.45. The van der Waals surface area contributed by atoms with Gasteiger partial charge in [0.05, 0.1) is 6.61 Å². The molecule has 126 valence electrons. The van der Waals surface area contributed by atoms with Crippen LogP contribution < -0.4 is 5.73 Å². The Labute approximate surface area is 139 Å². The molecule has 0 rings (SSSR count). The molecule has 2 N–H and O–H groups in total. The highest BCUT2D eigenvalue weighted by Crippen LogP contribution is 2.21. The fourth-order valence-electron chi connectivity index (χ4n) is 2.22. The minimum atomic E-state index is -0.484. The molecule has 22 heavy (non-hydrogen) atoms. The lowest BCUT2D eigenvalue weighted by molar-refractivity contribution is -0.137. The largest absolute Gasteiger partial charge is 0.462 e. The summed E-state index contributed by atoms with van der Waals surface area (Å²) in [5, 5.41) is 10.6. The van der Waals surface area contributed by atoms with E-state index in [4.69, 9.17) is 15.7 Å². The lowest BCUT2D eigenvalue weighted by Crippen LogP contribution is -2.12. The molecule has 4 nitrogen and oxygen atoms in total. The van der Waals surface area contributed by atoms with Crippen LogP contribution >= 0.6 is 11.8 Å². The van der Waals surface area contributed by atoms with Crippen LogP contribution in [0.4, 0.5) is 0 Å². The van der Waals surface area contributed by atoms with Gasteiger partial charge < -0.3 is 10.5 Å². The third kappa shape index (κ3) is 10.6. The Morgan fingerprint density at radius 1 is 1.05 bits per heavy atom. The average molecular weight is 327 g/mol. The molecule has 0 atom stereocenters. The number of thiocyanates is 1. The molecule has 5 heteroatoms. The van der Waals surface area contributed by atoms with Gasteiger partial charge in [0.2, 0.25) is 0 Å². The molecule has 0 aliphatic carbocycles. The van der Waals surface area contributed by atoms with Crippen LogP contribution in [-0.2, 0) is 9.53 Å². The van der Waals surface area contributed by atoms with Crippen molar-refractivity contribution >= 4 is 17.7 Å². The van der Waals surface area contributed by atoms with Crippen molar-refractivity contribution in [2.45, 2.75) is 78.1 Å². The predicted octanol–water partition coefficient (Wildman–Crippen LogP) is 4.85. The summed E-state index contributed by atoms with van der Waals surface area (Å²) in [7, 11) is 0. The molecule has 0 aromatic carbocycles. The molecule has 0 aromatic rings. The quantitative estimate of drug-likeness (QED) is 0.226. The number of nitrogens with two attached hydrogens (primary N) is 1. The normalized spacial score (nSPS) is 11.7. The van der Waals surface area contributed by atoms with Crippen molar-refractivity contribution < 1.29 is 9.53 Å². The molecular weight excluding hydrogens is 296 g/mol. The van der Waals surface area contributed by atoms with Gasteiger partial charge in [0, 0.05) is 5.70 Å². The van der Waals surface area contributed by atoms with Gasteiger partial charge in [-0.2, -0.15) is 5.26 Å². The molecular formula is C17H30N2O2S. The monoisotopic (exact) mass is 326 g/mol. The topological polar surface area (TPSA) is 76.1 Å². The number of ether oxygens (including phenoxy) is 1. The first-order valence-electron chi connectivity index (χ1n) is 8.39. The Kier molecular flexibility index (Phi) is 14.0. The number of carbonyl (C=O) groups excluding carboxylic acids is 1. The zero-order valence-corrected chi connectivity index (χ0v) is 14.8. The van der Waals surface area contributed by atoms with Crippen molar-refractivity contribution in [1.82, 2.24) is 0 Å². The second-order valence-electron chi connectivity index (χ2n) is 5.35. The number of rotatable bonds is 13. The summed E-state index contributed by atoms with van der Waals surface area (Å²) in [4.78, 5) is 12.0. The summed E-state index contributed by atoms with van der Waals surface area (Å²) in [6.45, 7) is 4.26. The second-order valence-corrected chi connectivity index (χ2v) is 6.14. The highest BCUT2D eigenvalue weighted by molar-refractivity contribution is 8.08. The SMILES string of the molecule is CCCCCCCCCCC/C(N)=C(\SC#N)C(=O)OCC. The molecule has 0 fully saturated rings. The lowest BCUT2D eigenvalue weighted by atomic mass is 10.1. The van der Waals surface area contributed by atoms with E-state index in [9.17, 15) is 4.79 Å². The zero-order chi connectivity index (χ0) is 16.6. The molecule has 0 heterocycles. The summed E-state index contributed by atoms with van der Waals surface area (Å²) in [6, 6.07) is 0. The lowest BCUT2D eigenvalue weighted by Gasteiger charge is -2.08. The predicted molar refractivity (Wildman–Crippen MR) is 92.9 cm³/mol. The average Bonchev–Trinajstić information content (AvgIpc) is 2.51. The fourth-order valence-corrected chi connectivity index (χ4v) is 2.69. The maximum atomic E-state index is 11.7. The van der Waals surface area contributed by atoms with Crippen LogP contribution in [0.1, 0.15) is 78.1 Å². The van der Waals surface area contributed by atoms with E-state index in [1.165, 1.54) is 44.9 Å². The smallest absolute Gasteiger partial charge is 0.347 e. The highest BCUT2D eigenvalue weighted by atomic mass is 32.2. The Bertz CT molecular complexity index is 375. The molecule has 0 aromatic heterocycles. The first-order valence-corrected chi connectivity index (χ1v) is 9.20. The first kappa shape index (κ1) is 20.9. The standard InChI is InChI=1S/C17H30N2O2S/c1-3-5-6-7-8-9-10-11-12-13-15(19)16(22-14-18)17(20)21-4-2/h3-13,19H2,1-2H3/b16-15+. The van der Waals surface area contributed by atoms with Gasteiger partial charge in [-0.25, -0.2) is 4.79 Å². The van der Waals surface area contributed by atoms with Crippen LogP contribution in [0.15, 0.2) is 10.6 Å². The number of nitriles is 1. The van der Waals surface area contributed by atoms with E-state index in [0.717, 1.165) is 24.6 Å². The summed E-state index contributed by atoms with van der Waals surface area (Å²) < 4.78 is 4.92. The summed E-state index contributed by atoms with van der Waals surface area (Å²) >= 11 is 0.798. The summed E-state index contributed by atoms with van der Waals surface area (Å²) in [6.07, 6.45) is 11.8. The first-order chi connectivity index (χ1) is 10.7. The van der Waals surface area contributed by atoms with Crippen molar-refractivity contribution in [1.29, 1.82) is 5.26 Å². The number of hydrogen-bond donors (Lipinski definition) is 1. The van der Waals surface area contributed by atoms with E-state index in [2.05, 4.69) is 6.92 Å². The van der Waals surface area contributed by atoms with Crippen LogP contribution in [0.5, 0.6) is 0 Å². The van der Waals surface area contributed by atoms with Gasteiger partial charge in [-0.1, -0.05) is 58.3 Å². The zero-order valence-electron chi connectivity index (χ0n) is 14.0. The van der Waals surface area contributed by atoms with Gasteiger partial charge in [-0.15, -0.1) is 0 Å². The van der Waals surface area contributed by atoms with E-state index in [1.807, 2.05) is 5.40 Å². The van der Waals surface area contributed by atoms with Gasteiger partial charge in [-0.05, 0) is 31.5 Å². The molecule has 0 unspecified atom stereocenters. The maximum absolute atomic E-state index is 11.7. The van der Waals surface area contributed by atoms with E-state index >= 15 is 0 Å². The van der Waals surface area contributed by atoms with Crippen molar-refractivity contribution in [3.63, 3.8) is 0 Å². The van der Waals surface area contributed by atoms with Crippen LogP contribution in [0.3, 0.4) is 0 Å². The van der Waals surface area contributed by atoms with E-state index in [1.54, 1.807) is 6.92 Å². The number of hydrogen-bond acceptors (Lipinski definition) is 5. The van der Waals surface area contributed by atoms with E-state index < -0.39 is 5.97 Å². The molecule has 0 bridgehead atoms. The third-order valence-corrected chi connectivity index (χ3v) is 4.17. The van der Waals surface area contributed by atoms with Gasteiger partial charge >= 0.3 is 5.97 Å². The van der Waals surface area contributed by atoms with Crippen LogP contribution in [0, 0.1) is 10.7 Å². The summed E-state index contributed by atoms with van der Waals surface area (Å²) in [5.41, 5.74) is 6.42. The Morgan fingerprint density at radius 3 is 2.09 bits per heavy atom. The number of unbranched alkanes of at least 4 members (excludes halogenated alkanes) is 8. The van der Waals surface area contributed by atoms with Crippen LogP contribution in [-0.4, -0.2) is 12.6 Å². The van der Waals surface area contributed by atoms with E-state index in [-0.39, 0.29) is 4.91 Å². The van der Waals surface area contributed by atoms with Crippen LogP contribution in [0.2, 0.25) is 0 Å². The minimum Gasteiger partial charge on any atom is -0.462 e. The molecule has 0 radical (unpaired) electrons. The van der Waals surface area contributed by atoms with Crippen molar-refractivity contribution in [2.24, 2.45) is 5.73 Å². The number of esters is 1. The number of nitrogens with zero attached hydrogens (tertiary/aromatic N) is 1. The molecule has 0 saturated heterocycles. The molecule has 0 aliphatic heterocycles. The number of allylic oxidation sites excluding steroid dienone is 1. The second kappa shape index (κ2) is 14.8. The van der Waals surface area contributed by atoms with Crippen molar-refractivity contribution in [3.8, 4) is 5.40 Å². The van der Waals surface area contributed by atoms with Gasteiger partial charge in [-0.3, -0.25) is 0 Å². The van der Waals surface area contributed by atoms with Gasteiger partial charge in [0.1, 0.15) is 10.3 Å².